The molecule has 136 valence electrons. The van der Waals surface area contributed by atoms with Gasteiger partial charge in [0.1, 0.15) is 5.01 Å². The van der Waals surface area contributed by atoms with Crippen LogP contribution in [0.4, 0.5) is 0 Å². The number of nitrogens with zero attached hydrogens (tertiary/aromatic N) is 1. The summed E-state index contributed by atoms with van der Waals surface area (Å²) in [5, 5.41) is 12.7. The lowest BCUT2D eigenvalue weighted by Gasteiger charge is -2.28. The fourth-order valence-corrected chi connectivity index (χ4v) is 4.59. The molecule has 2 N–H and O–H groups in total. The highest BCUT2D eigenvalue weighted by Gasteiger charge is 2.30. The van der Waals surface area contributed by atoms with Crippen LogP contribution < -0.4 is 5.32 Å². The van der Waals surface area contributed by atoms with Crippen molar-refractivity contribution in [3.05, 3.63) is 41.3 Å². The molecule has 0 saturated heterocycles. The van der Waals surface area contributed by atoms with Crippen molar-refractivity contribution in [1.82, 2.24) is 10.3 Å². The normalized spacial score (nSPS) is 13.5. The molecule has 1 atom stereocenters. The van der Waals surface area contributed by atoms with Crippen LogP contribution in [0.1, 0.15) is 23.0 Å². The van der Waals surface area contributed by atoms with Gasteiger partial charge in [-0.15, -0.1) is 22.7 Å². The topological polar surface area (TPSA) is 88.5 Å². The highest BCUT2D eigenvalue weighted by molar-refractivity contribution is 7.26. The van der Waals surface area contributed by atoms with Gasteiger partial charge in [0, 0.05) is 7.11 Å². The molecule has 3 rings (SSSR count). The third-order valence-corrected chi connectivity index (χ3v) is 6.04. The van der Waals surface area contributed by atoms with Gasteiger partial charge in [-0.2, -0.15) is 0 Å². The molecule has 1 unspecified atom stereocenters. The molecule has 1 amide bonds. The van der Waals surface area contributed by atoms with Gasteiger partial charge in [0.2, 0.25) is 0 Å². The number of thiophene rings is 1. The summed E-state index contributed by atoms with van der Waals surface area (Å²) in [6.45, 7) is 1.77. The van der Waals surface area contributed by atoms with E-state index in [1.165, 1.54) is 18.4 Å². The molecule has 1 aromatic carbocycles. The molecule has 0 saturated carbocycles. The number of carbonyl (C=O) groups excluding carboxylic acids is 1. The van der Waals surface area contributed by atoms with Gasteiger partial charge in [-0.1, -0.05) is 12.1 Å². The van der Waals surface area contributed by atoms with Crippen molar-refractivity contribution in [2.45, 2.75) is 18.9 Å². The Morgan fingerprint density at radius 2 is 2.00 bits per heavy atom. The van der Waals surface area contributed by atoms with Gasteiger partial charge in [-0.3, -0.25) is 9.59 Å². The maximum absolute atomic E-state index is 12.6. The minimum atomic E-state index is -0.994. The second kappa shape index (κ2) is 7.53. The number of carbonyl (C=O) groups is 2. The van der Waals surface area contributed by atoms with Crippen LogP contribution >= 0.6 is 22.7 Å². The van der Waals surface area contributed by atoms with E-state index in [1.807, 2.05) is 30.3 Å². The number of nitrogens with one attached hydrogen (secondary N) is 1. The summed E-state index contributed by atoms with van der Waals surface area (Å²) >= 11 is 2.91. The Morgan fingerprint density at radius 3 is 2.69 bits per heavy atom. The number of amides is 1. The van der Waals surface area contributed by atoms with Crippen LogP contribution in [0, 0.1) is 0 Å². The number of carboxylic acids is 1. The minimum Gasteiger partial charge on any atom is -0.481 e. The number of carboxylic acid groups (broad SMARTS) is 1. The summed E-state index contributed by atoms with van der Waals surface area (Å²) in [6.07, 6.45) is -0.220. The fraction of sp³-hybridized carbons (Fsp3) is 0.278. The van der Waals surface area contributed by atoms with E-state index in [4.69, 9.17) is 9.84 Å². The SMILES string of the molecule is COCC(C)(CC(=O)O)NC(=O)c1ccc(-c2nc3ccccc3s2)s1. The molecule has 0 radical (unpaired) electrons. The number of aliphatic carboxylic acids is 1. The van der Waals surface area contributed by atoms with E-state index in [1.54, 1.807) is 24.3 Å². The Bertz CT molecular complexity index is 916. The van der Waals surface area contributed by atoms with Crippen LogP contribution in [0.5, 0.6) is 0 Å². The molecule has 6 nitrogen and oxygen atoms in total. The number of para-hydroxylation sites is 1. The minimum absolute atomic E-state index is 0.112. The lowest BCUT2D eigenvalue weighted by molar-refractivity contribution is -0.139. The molecule has 3 aromatic rings. The summed E-state index contributed by atoms with van der Waals surface area (Å²) in [6, 6.07) is 11.5. The molecule has 0 fully saturated rings. The molecule has 0 aliphatic carbocycles. The van der Waals surface area contributed by atoms with E-state index < -0.39 is 11.5 Å². The second-order valence-corrected chi connectivity index (χ2v) is 8.28. The van der Waals surface area contributed by atoms with Crippen LogP contribution in [-0.4, -0.2) is 41.2 Å². The molecule has 0 spiro atoms. The number of thiazole rings is 1. The summed E-state index contributed by atoms with van der Waals surface area (Å²) in [7, 11) is 1.47. The Kier molecular flexibility index (Phi) is 5.36. The van der Waals surface area contributed by atoms with E-state index in [2.05, 4.69) is 10.3 Å². The molecular formula is C18H18N2O4S2. The number of ether oxygens (including phenoxy) is 1. The Balaban J connectivity index is 1.79. The molecule has 2 aromatic heterocycles. The van der Waals surface area contributed by atoms with E-state index in [-0.39, 0.29) is 18.9 Å². The van der Waals surface area contributed by atoms with E-state index in [9.17, 15) is 9.59 Å². The van der Waals surface area contributed by atoms with Crippen molar-refractivity contribution in [2.75, 3.05) is 13.7 Å². The number of methoxy groups -OCH3 is 1. The zero-order chi connectivity index (χ0) is 18.7. The van der Waals surface area contributed by atoms with Crippen molar-refractivity contribution < 1.29 is 19.4 Å². The van der Waals surface area contributed by atoms with Crippen molar-refractivity contribution in [3.63, 3.8) is 0 Å². The van der Waals surface area contributed by atoms with Crippen LogP contribution in [0.25, 0.3) is 20.1 Å². The first-order valence-corrected chi connectivity index (χ1v) is 9.52. The van der Waals surface area contributed by atoms with Gasteiger partial charge < -0.3 is 15.2 Å². The van der Waals surface area contributed by atoms with E-state index >= 15 is 0 Å². The Morgan fingerprint density at radius 1 is 1.23 bits per heavy atom. The number of aromatic nitrogens is 1. The average molecular weight is 390 g/mol. The second-order valence-electron chi connectivity index (χ2n) is 6.17. The Labute approximate surface area is 158 Å². The number of hydrogen-bond donors (Lipinski definition) is 2. The smallest absolute Gasteiger partial charge is 0.305 e. The predicted molar refractivity (Wildman–Crippen MR) is 103 cm³/mol. The summed E-state index contributed by atoms with van der Waals surface area (Å²) in [4.78, 5) is 29.6. The summed E-state index contributed by atoms with van der Waals surface area (Å²) in [5.41, 5.74) is -0.0430. The van der Waals surface area contributed by atoms with Crippen LogP contribution in [-0.2, 0) is 9.53 Å². The average Bonchev–Trinajstić information content (AvgIpc) is 3.20. The maximum atomic E-state index is 12.6. The quantitative estimate of drug-likeness (QED) is 0.643. The molecule has 0 aliphatic rings. The first-order chi connectivity index (χ1) is 12.4. The standard InChI is InChI=1S/C18H18N2O4S2/c1-18(10-24-2,9-15(21)22)20-16(23)13-7-8-14(25-13)17-19-11-5-3-4-6-12(11)26-17/h3-8H,9-10H2,1-2H3,(H,20,23)(H,21,22). The highest BCUT2D eigenvalue weighted by Crippen LogP contribution is 2.34. The summed E-state index contributed by atoms with van der Waals surface area (Å²) in [5.74, 6) is -1.31. The lowest BCUT2D eigenvalue weighted by Crippen LogP contribution is -2.50. The lowest BCUT2D eigenvalue weighted by atomic mass is 9.99. The van der Waals surface area contributed by atoms with Gasteiger partial charge in [0.05, 0.1) is 38.5 Å². The highest BCUT2D eigenvalue weighted by atomic mass is 32.1. The number of rotatable bonds is 7. The first-order valence-electron chi connectivity index (χ1n) is 7.89. The van der Waals surface area contributed by atoms with Crippen molar-refractivity contribution in [3.8, 4) is 9.88 Å². The van der Waals surface area contributed by atoms with Crippen molar-refractivity contribution >= 4 is 44.8 Å². The van der Waals surface area contributed by atoms with E-state index in [0.717, 1.165) is 20.1 Å². The molecule has 2 heterocycles. The molecule has 0 bridgehead atoms. The zero-order valence-electron chi connectivity index (χ0n) is 14.3. The van der Waals surface area contributed by atoms with Crippen molar-refractivity contribution in [1.29, 1.82) is 0 Å². The number of benzene rings is 1. The third kappa shape index (κ3) is 4.09. The Hall–Kier alpha value is -2.29. The van der Waals surface area contributed by atoms with Crippen molar-refractivity contribution in [2.24, 2.45) is 0 Å². The van der Waals surface area contributed by atoms with Gasteiger partial charge in [0.25, 0.3) is 5.91 Å². The largest absolute Gasteiger partial charge is 0.481 e. The number of fused-ring (bicyclic) bond motifs is 1. The fourth-order valence-electron chi connectivity index (χ4n) is 2.67. The molecule has 26 heavy (non-hydrogen) atoms. The third-order valence-electron chi connectivity index (χ3n) is 3.75. The zero-order valence-corrected chi connectivity index (χ0v) is 15.9. The monoisotopic (exact) mass is 390 g/mol. The van der Waals surface area contributed by atoms with Gasteiger partial charge >= 0.3 is 5.97 Å². The maximum Gasteiger partial charge on any atom is 0.305 e. The van der Waals surface area contributed by atoms with Gasteiger partial charge in [-0.05, 0) is 31.2 Å². The van der Waals surface area contributed by atoms with Crippen LogP contribution in [0.15, 0.2) is 36.4 Å². The summed E-state index contributed by atoms with van der Waals surface area (Å²) < 4.78 is 6.16. The molecular weight excluding hydrogens is 372 g/mol. The van der Waals surface area contributed by atoms with Crippen LogP contribution in [0.2, 0.25) is 0 Å². The molecule has 0 aliphatic heterocycles. The predicted octanol–water partition coefficient (Wildman–Crippen LogP) is 3.63. The molecule has 8 heteroatoms. The van der Waals surface area contributed by atoms with Gasteiger partial charge in [-0.25, -0.2) is 4.98 Å². The number of hydrogen-bond acceptors (Lipinski definition) is 6. The van der Waals surface area contributed by atoms with Crippen LogP contribution in [0.3, 0.4) is 0 Å². The van der Waals surface area contributed by atoms with E-state index in [0.29, 0.717) is 4.88 Å². The first kappa shape index (κ1) is 18.5. The van der Waals surface area contributed by atoms with Gasteiger partial charge in [0.15, 0.2) is 0 Å².